The topological polar surface area (TPSA) is 0 Å². The van der Waals surface area contributed by atoms with Crippen LogP contribution in [0.15, 0.2) is 218 Å². The largest absolute Gasteiger partial charge is 0.0760 e. The minimum atomic E-state index is 0.170. The van der Waals surface area contributed by atoms with Gasteiger partial charge in [-0.1, -0.05) is 206 Å². The number of aryl methyl sites for hydroxylation is 1. The van der Waals surface area contributed by atoms with Gasteiger partial charge in [0.1, 0.15) is 0 Å². The van der Waals surface area contributed by atoms with E-state index < -0.39 is 0 Å². The Morgan fingerprint density at radius 2 is 1.09 bits per heavy atom. The molecule has 0 aromatic heterocycles. The van der Waals surface area contributed by atoms with Gasteiger partial charge in [0.15, 0.2) is 0 Å². The molecule has 9 aromatic rings. The molecule has 2 atom stereocenters. The second-order valence-electron chi connectivity index (χ2n) is 15.6. The number of allylic oxidation sites excluding steroid dienone is 5. The molecule has 0 bridgehead atoms. The van der Waals surface area contributed by atoms with Gasteiger partial charge in [-0.25, -0.2) is 0 Å². The molecule has 0 fully saturated rings. The summed E-state index contributed by atoms with van der Waals surface area (Å²) in [6.07, 6.45) is 9.23. The van der Waals surface area contributed by atoms with E-state index in [1.54, 1.807) is 0 Å². The standard InChI is InChI=1S/C57H40/c1-37-25-33-47(50-20-7-6-18-46(37)50)40-27-29-41(30-28-40)55-51-21-8-10-23-53(51)57(54-24-11-9-22-52(54)55)44-17-12-16-43(36-44)49-34-32-39-14-4-5-19-48(39)56(49)45-31-26-38-13-2-3-15-42(38)35-45/h2-36,53,57H,1H3. The lowest BCUT2D eigenvalue weighted by Crippen LogP contribution is -2.22. The van der Waals surface area contributed by atoms with Gasteiger partial charge in [-0.05, 0) is 118 Å². The minimum absolute atomic E-state index is 0.170. The molecule has 2 aliphatic rings. The van der Waals surface area contributed by atoms with Crippen LogP contribution < -0.4 is 0 Å². The van der Waals surface area contributed by atoms with Gasteiger partial charge in [-0.2, -0.15) is 0 Å². The second-order valence-corrected chi connectivity index (χ2v) is 15.6. The molecule has 0 heteroatoms. The van der Waals surface area contributed by atoms with E-state index in [-0.39, 0.29) is 11.8 Å². The highest BCUT2D eigenvalue weighted by molar-refractivity contribution is 6.06. The molecule has 2 unspecified atom stereocenters. The van der Waals surface area contributed by atoms with Gasteiger partial charge in [0, 0.05) is 11.8 Å². The minimum Gasteiger partial charge on any atom is -0.0760 e. The summed E-state index contributed by atoms with van der Waals surface area (Å²) in [5.74, 6) is 0.372. The molecule has 9 aromatic carbocycles. The Kier molecular flexibility index (Phi) is 7.97. The van der Waals surface area contributed by atoms with Crippen LogP contribution in [0.4, 0.5) is 0 Å². The molecule has 0 amide bonds. The van der Waals surface area contributed by atoms with Crippen LogP contribution in [0.3, 0.4) is 0 Å². The fourth-order valence-electron chi connectivity index (χ4n) is 9.74. The monoisotopic (exact) mass is 724 g/mol. The van der Waals surface area contributed by atoms with Crippen molar-refractivity contribution in [2.75, 3.05) is 0 Å². The molecule has 0 N–H and O–H groups in total. The highest BCUT2D eigenvalue weighted by atomic mass is 14.4. The van der Waals surface area contributed by atoms with Gasteiger partial charge in [-0.3, -0.25) is 0 Å². The zero-order valence-corrected chi connectivity index (χ0v) is 31.9. The molecule has 11 rings (SSSR count). The van der Waals surface area contributed by atoms with Crippen LogP contribution >= 0.6 is 0 Å². The molecule has 0 aliphatic heterocycles. The van der Waals surface area contributed by atoms with Crippen molar-refractivity contribution >= 4 is 37.9 Å². The van der Waals surface area contributed by atoms with Gasteiger partial charge in [0.2, 0.25) is 0 Å². The van der Waals surface area contributed by atoms with Crippen molar-refractivity contribution in [1.82, 2.24) is 0 Å². The molecular weight excluding hydrogens is 685 g/mol. The summed E-state index contributed by atoms with van der Waals surface area (Å²) in [5, 5.41) is 7.65. The van der Waals surface area contributed by atoms with Crippen molar-refractivity contribution < 1.29 is 0 Å². The van der Waals surface area contributed by atoms with E-state index in [1.165, 1.54) is 105 Å². The summed E-state index contributed by atoms with van der Waals surface area (Å²) >= 11 is 0. The number of benzene rings is 9. The zero-order chi connectivity index (χ0) is 37.9. The van der Waals surface area contributed by atoms with E-state index >= 15 is 0 Å². The number of fused-ring (bicyclic) bond motifs is 5. The average Bonchev–Trinajstić information content (AvgIpc) is 3.28. The highest BCUT2D eigenvalue weighted by Crippen LogP contribution is 2.51. The van der Waals surface area contributed by atoms with Crippen molar-refractivity contribution in [3.05, 3.63) is 246 Å². The van der Waals surface area contributed by atoms with Crippen molar-refractivity contribution in [2.24, 2.45) is 5.92 Å². The van der Waals surface area contributed by atoms with E-state index in [0.717, 1.165) is 0 Å². The van der Waals surface area contributed by atoms with E-state index in [4.69, 9.17) is 0 Å². The smallest absolute Gasteiger partial charge is 0.0199 e. The first-order chi connectivity index (χ1) is 28.2. The maximum absolute atomic E-state index is 2.46. The van der Waals surface area contributed by atoms with Crippen LogP contribution in [0, 0.1) is 12.8 Å². The predicted octanol–water partition coefficient (Wildman–Crippen LogP) is 15.1. The zero-order valence-electron chi connectivity index (χ0n) is 31.9. The van der Waals surface area contributed by atoms with Crippen molar-refractivity contribution in [1.29, 1.82) is 0 Å². The van der Waals surface area contributed by atoms with E-state index in [0.29, 0.717) is 0 Å². The van der Waals surface area contributed by atoms with Crippen LogP contribution in [0.5, 0.6) is 0 Å². The molecule has 57 heavy (non-hydrogen) atoms. The summed E-state index contributed by atoms with van der Waals surface area (Å²) in [6.45, 7) is 2.20. The van der Waals surface area contributed by atoms with E-state index in [1.807, 2.05) is 0 Å². The Balaban J connectivity index is 1.03. The Morgan fingerprint density at radius 1 is 0.404 bits per heavy atom. The van der Waals surface area contributed by atoms with Crippen LogP contribution in [0.2, 0.25) is 0 Å². The molecule has 268 valence electrons. The maximum atomic E-state index is 2.46. The van der Waals surface area contributed by atoms with E-state index in [9.17, 15) is 0 Å². The van der Waals surface area contributed by atoms with Gasteiger partial charge in [0.05, 0.1) is 0 Å². The van der Waals surface area contributed by atoms with Crippen molar-refractivity contribution in [2.45, 2.75) is 12.8 Å². The molecular formula is C57H40. The van der Waals surface area contributed by atoms with Crippen molar-refractivity contribution in [3.63, 3.8) is 0 Å². The molecule has 2 aliphatic carbocycles. The molecule has 0 radical (unpaired) electrons. The van der Waals surface area contributed by atoms with Gasteiger partial charge >= 0.3 is 0 Å². The number of rotatable bonds is 5. The molecule has 0 heterocycles. The Labute approximate surface area is 334 Å². The van der Waals surface area contributed by atoms with Crippen LogP contribution in [-0.4, -0.2) is 0 Å². The molecule has 0 nitrogen and oxygen atoms in total. The predicted molar refractivity (Wildman–Crippen MR) is 243 cm³/mol. The summed E-state index contributed by atoms with van der Waals surface area (Å²) < 4.78 is 0. The highest BCUT2D eigenvalue weighted by Gasteiger charge is 2.35. The SMILES string of the molecule is Cc1ccc(-c2ccc(C3=C4C=CC=CC4C(c4cccc(-c5ccc6ccccc6c5-c5ccc6ccccc6c5)c4)c4ccccc43)cc2)c2ccccc12. The van der Waals surface area contributed by atoms with Gasteiger partial charge < -0.3 is 0 Å². The van der Waals surface area contributed by atoms with Gasteiger partial charge in [-0.15, -0.1) is 0 Å². The summed E-state index contributed by atoms with van der Waals surface area (Å²) in [5.41, 5.74) is 16.8. The summed E-state index contributed by atoms with van der Waals surface area (Å²) in [6, 6.07) is 70.0. The molecule has 0 spiro atoms. The first kappa shape index (κ1) is 33.3. The van der Waals surface area contributed by atoms with Crippen LogP contribution in [0.25, 0.3) is 71.3 Å². The molecule has 0 saturated carbocycles. The lowest BCUT2D eigenvalue weighted by atomic mass is 9.66. The van der Waals surface area contributed by atoms with Crippen LogP contribution in [-0.2, 0) is 0 Å². The number of hydrogen-bond donors (Lipinski definition) is 0. The van der Waals surface area contributed by atoms with Crippen LogP contribution in [0.1, 0.15) is 33.7 Å². The normalized spacial score (nSPS) is 15.9. The van der Waals surface area contributed by atoms with Gasteiger partial charge in [0.25, 0.3) is 0 Å². The fourth-order valence-corrected chi connectivity index (χ4v) is 9.74. The molecule has 0 saturated heterocycles. The maximum Gasteiger partial charge on any atom is 0.0199 e. The van der Waals surface area contributed by atoms with Crippen molar-refractivity contribution in [3.8, 4) is 33.4 Å². The number of hydrogen-bond acceptors (Lipinski definition) is 0. The van der Waals surface area contributed by atoms with E-state index in [2.05, 4.69) is 219 Å². The third kappa shape index (κ3) is 5.60. The average molecular weight is 725 g/mol. The Bertz CT molecular complexity index is 3130. The Hall–Kier alpha value is -7.02. The quantitative estimate of drug-likeness (QED) is 0.166. The Morgan fingerprint density at radius 3 is 1.96 bits per heavy atom. The third-order valence-electron chi connectivity index (χ3n) is 12.4. The lowest BCUT2D eigenvalue weighted by molar-refractivity contribution is 0.649. The first-order valence-corrected chi connectivity index (χ1v) is 20.1. The second kappa shape index (κ2) is 13.6. The third-order valence-corrected chi connectivity index (χ3v) is 12.4. The first-order valence-electron chi connectivity index (χ1n) is 20.1. The lowest BCUT2D eigenvalue weighted by Gasteiger charge is -2.37. The summed E-state index contributed by atoms with van der Waals surface area (Å²) in [4.78, 5) is 0. The fraction of sp³-hybridized carbons (Fsp3) is 0.0526. The summed E-state index contributed by atoms with van der Waals surface area (Å²) in [7, 11) is 0.